The van der Waals surface area contributed by atoms with Crippen molar-refractivity contribution in [3.05, 3.63) is 255 Å². The second-order valence-electron chi connectivity index (χ2n) is 16.4. The van der Waals surface area contributed by atoms with Crippen LogP contribution in [0.4, 0.5) is 0 Å². The second kappa shape index (κ2) is 15.2. The molecule has 0 spiro atoms. The summed E-state index contributed by atoms with van der Waals surface area (Å²) in [5.41, 5.74) is 11.8. The summed E-state index contributed by atoms with van der Waals surface area (Å²) in [6, 6.07) is 94.3. The van der Waals surface area contributed by atoms with Crippen molar-refractivity contribution in [2.45, 2.75) is 0 Å². The van der Waals surface area contributed by atoms with Gasteiger partial charge in [0.15, 0.2) is 8.07 Å². The number of benzene rings is 10. The van der Waals surface area contributed by atoms with Gasteiger partial charge in [-0.3, -0.25) is 0 Å². The van der Waals surface area contributed by atoms with E-state index in [2.05, 4.69) is 264 Å². The number of fused-ring (bicyclic) bond motifs is 6. The fourth-order valence-electron chi connectivity index (χ4n) is 10.4. The van der Waals surface area contributed by atoms with Crippen LogP contribution >= 0.6 is 0 Å². The predicted molar refractivity (Wildman–Crippen MR) is 270 cm³/mol. The summed E-state index contributed by atoms with van der Waals surface area (Å²) in [7, 11) is -2.91. The van der Waals surface area contributed by atoms with Crippen LogP contribution in [0.1, 0.15) is 0 Å². The van der Waals surface area contributed by atoms with Crippen LogP contribution in [0.15, 0.2) is 255 Å². The lowest BCUT2D eigenvalue weighted by molar-refractivity contribution is 1.13. The maximum atomic E-state index is 2.55. The van der Waals surface area contributed by atoms with E-state index in [0.717, 1.165) is 11.4 Å². The van der Waals surface area contributed by atoms with Gasteiger partial charge in [-0.15, -0.1) is 0 Å². The molecule has 10 aromatic carbocycles. The van der Waals surface area contributed by atoms with E-state index in [1.807, 2.05) is 0 Å². The molecule has 0 saturated heterocycles. The van der Waals surface area contributed by atoms with Crippen LogP contribution in [0.3, 0.4) is 0 Å². The quantitative estimate of drug-likeness (QED) is 0.107. The van der Waals surface area contributed by atoms with Crippen molar-refractivity contribution < 1.29 is 0 Å². The number of hydrogen-bond donors (Lipinski definition) is 0. The van der Waals surface area contributed by atoms with Crippen LogP contribution in [0.5, 0.6) is 0 Å². The highest BCUT2D eigenvalue weighted by Crippen LogP contribution is 2.42. The van der Waals surface area contributed by atoms with E-state index in [-0.39, 0.29) is 0 Å². The minimum absolute atomic E-state index is 1.14. The first-order valence-electron chi connectivity index (χ1n) is 21.8. The Morgan fingerprint density at radius 1 is 0.286 bits per heavy atom. The molecular formula is C60H42N2Si. The molecule has 0 atom stereocenters. The van der Waals surface area contributed by atoms with Crippen molar-refractivity contribution in [1.29, 1.82) is 0 Å². The molecule has 12 aromatic rings. The van der Waals surface area contributed by atoms with E-state index in [0.29, 0.717) is 0 Å². The Bertz CT molecular complexity index is 3500. The average Bonchev–Trinajstić information content (AvgIpc) is 3.89. The molecule has 2 nitrogen and oxygen atoms in total. The Labute approximate surface area is 368 Å². The summed E-state index contributed by atoms with van der Waals surface area (Å²) in [5, 5.41) is 10.5. The molecule has 0 radical (unpaired) electrons. The van der Waals surface area contributed by atoms with Crippen molar-refractivity contribution in [3.8, 4) is 33.6 Å². The van der Waals surface area contributed by atoms with E-state index >= 15 is 0 Å². The first-order chi connectivity index (χ1) is 31.3. The Kier molecular flexibility index (Phi) is 8.87. The smallest absolute Gasteiger partial charge is 0.180 e. The second-order valence-corrected chi connectivity index (χ2v) is 20.2. The summed E-state index contributed by atoms with van der Waals surface area (Å²) < 4.78 is 5.08. The van der Waals surface area contributed by atoms with E-state index < -0.39 is 8.07 Å². The third-order valence-electron chi connectivity index (χ3n) is 13.1. The SMILES string of the molecule is c1ccc(-c2ccc3c(c2)c2cccc(-n4c5ccccc5c5c([Si](c6ccccc6)(c6ccccc6)c6ccccc6)cccc54)c2n3-c2ccccc2-c2ccccc2)cc1. The lowest BCUT2D eigenvalue weighted by atomic mass is 10.0. The topological polar surface area (TPSA) is 9.86 Å². The molecular weight excluding hydrogens is 777 g/mol. The summed E-state index contributed by atoms with van der Waals surface area (Å²) >= 11 is 0. The van der Waals surface area contributed by atoms with E-state index in [1.54, 1.807) is 0 Å². The molecule has 0 fully saturated rings. The lowest BCUT2D eigenvalue weighted by Gasteiger charge is -2.35. The highest BCUT2D eigenvalue weighted by molar-refractivity contribution is 7.20. The van der Waals surface area contributed by atoms with Gasteiger partial charge in [0.05, 0.1) is 33.4 Å². The van der Waals surface area contributed by atoms with Gasteiger partial charge in [0.2, 0.25) is 0 Å². The molecule has 0 N–H and O–H groups in total. The molecule has 0 amide bonds. The van der Waals surface area contributed by atoms with Crippen molar-refractivity contribution in [3.63, 3.8) is 0 Å². The molecule has 0 bridgehead atoms. The Hall–Kier alpha value is -7.98. The molecule has 296 valence electrons. The minimum Gasteiger partial charge on any atom is -0.307 e. The first kappa shape index (κ1) is 36.8. The third-order valence-corrected chi connectivity index (χ3v) is 17.9. The zero-order valence-corrected chi connectivity index (χ0v) is 35.6. The normalized spacial score (nSPS) is 11.8. The van der Waals surface area contributed by atoms with Gasteiger partial charge in [-0.2, -0.15) is 0 Å². The standard InChI is InChI=1S/C60H42N2Si/c1-6-22-43(23-7-1)45-40-41-55-52(42-45)50-34-20-38-57(60(50)62(55)53-35-18-16-32-49(53)44-24-8-2-9-25-44)61-54-36-19-17-33-51(54)59-56(61)37-21-39-58(59)63(46-26-10-3-11-27-46,47-28-12-4-13-29-47)48-30-14-5-15-31-48/h1-42H. The Balaban J connectivity index is 1.23. The molecule has 0 unspecified atom stereocenters. The van der Waals surface area contributed by atoms with Gasteiger partial charge in [0, 0.05) is 27.1 Å². The lowest BCUT2D eigenvalue weighted by Crippen LogP contribution is -2.74. The van der Waals surface area contributed by atoms with Crippen molar-refractivity contribution in [2.75, 3.05) is 0 Å². The Morgan fingerprint density at radius 3 is 1.44 bits per heavy atom. The number of rotatable bonds is 8. The number of aromatic nitrogens is 2. The summed E-state index contributed by atoms with van der Waals surface area (Å²) in [6.07, 6.45) is 0. The fourth-order valence-corrected chi connectivity index (χ4v) is 15.4. The maximum Gasteiger partial charge on any atom is 0.180 e. The van der Waals surface area contributed by atoms with Gasteiger partial charge in [-0.1, -0.05) is 218 Å². The molecule has 12 rings (SSSR count). The number of hydrogen-bond acceptors (Lipinski definition) is 0. The molecule has 63 heavy (non-hydrogen) atoms. The largest absolute Gasteiger partial charge is 0.307 e. The summed E-state index contributed by atoms with van der Waals surface area (Å²) in [6.45, 7) is 0. The van der Waals surface area contributed by atoms with E-state index in [1.165, 1.54) is 86.6 Å². The third kappa shape index (κ3) is 5.78. The monoisotopic (exact) mass is 818 g/mol. The fraction of sp³-hybridized carbons (Fsp3) is 0. The van der Waals surface area contributed by atoms with Crippen LogP contribution in [0.25, 0.3) is 77.2 Å². The zero-order valence-electron chi connectivity index (χ0n) is 34.6. The maximum absolute atomic E-state index is 2.91. The molecule has 0 aliphatic rings. The van der Waals surface area contributed by atoms with Gasteiger partial charge >= 0.3 is 0 Å². The van der Waals surface area contributed by atoms with E-state index in [9.17, 15) is 0 Å². The van der Waals surface area contributed by atoms with Crippen molar-refractivity contribution in [1.82, 2.24) is 9.13 Å². The summed E-state index contributed by atoms with van der Waals surface area (Å²) in [5.74, 6) is 0. The number of nitrogens with zero attached hydrogens (tertiary/aromatic N) is 2. The molecule has 2 heterocycles. The first-order valence-corrected chi connectivity index (χ1v) is 23.8. The zero-order chi connectivity index (χ0) is 41.7. The van der Waals surface area contributed by atoms with Gasteiger partial charge in [0.25, 0.3) is 0 Å². The molecule has 0 aliphatic carbocycles. The van der Waals surface area contributed by atoms with Crippen LogP contribution in [0, 0.1) is 0 Å². The highest BCUT2D eigenvalue weighted by atomic mass is 28.3. The molecule has 0 saturated carbocycles. The van der Waals surface area contributed by atoms with Crippen LogP contribution in [-0.2, 0) is 0 Å². The van der Waals surface area contributed by atoms with Crippen LogP contribution < -0.4 is 20.7 Å². The summed E-state index contributed by atoms with van der Waals surface area (Å²) in [4.78, 5) is 0. The Morgan fingerprint density at radius 2 is 0.778 bits per heavy atom. The van der Waals surface area contributed by atoms with Gasteiger partial charge in [-0.25, -0.2) is 0 Å². The van der Waals surface area contributed by atoms with Crippen molar-refractivity contribution >= 4 is 72.4 Å². The van der Waals surface area contributed by atoms with Crippen LogP contribution in [-0.4, -0.2) is 17.2 Å². The molecule has 0 aliphatic heterocycles. The van der Waals surface area contributed by atoms with Gasteiger partial charge in [0.1, 0.15) is 0 Å². The van der Waals surface area contributed by atoms with Gasteiger partial charge < -0.3 is 9.13 Å². The van der Waals surface area contributed by atoms with Crippen molar-refractivity contribution in [2.24, 2.45) is 0 Å². The predicted octanol–water partition coefficient (Wildman–Crippen LogP) is 12.6. The van der Waals surface area contributed by atoms with Gasteiger partial charge in [-0.05, 0) is 73.8 Å². The molecule has 2 aromatic heterocycles. The average molecular weight is 819 g/mol. The van der Waals surface area contributed by atoms with E-state index in [4.69, 9.17) is 0 Å². The van der Waals surface area contributed by atoms with Crippen LogP contribution in [0.2, 0.25) is 0 Å². The minimum atomic E-state index is -2.91. The molecule has 3 heteroatoms. The highest BCUT2D eigenvalue weighted by Gasteiger charge is 2.43. The number of para-hydroxylation sites is 3.